The molecule has 2 unspecified atom stereocenters. The van der Waals surface area contributed by atoms with Crippen LogP contribution in [0.4, 0.5) is 4.79 Å². The second-order valence-electron chi connectivity index (χ2n) is 3.65. The van der Waals surface area contributed by atoms with Crippen molar-refractivity contribution in [3.8, 4) is 0 Å². The summed E-state index contributed by atoms with van der Waals surface area (Å²) in [7, 11) is 0. The van der Waals surface area contributed by atoms with Crippen LogP contribution in [0.15, 0.2) is 0 Å². The van der Waals surface area contributed by atoms with Gasteiger partial charge in [-0.15, -0.1) is 0 Å². The van der Waals surface area contributed by atoms with Crippen molar-refractivity contribution in [2.45, 2.75) is 31.7 Å². The SMILES string of the molecule is CC1CCCC12COC(=O)N2. The minimum absolute atomic E-state index is 0.00289. The van der Waals surface area contributed by atoms with E-state index in [9.17, 15) is 4.79 Å². The molecule has 2 fully saturated rings. The summed E-state index contributed by atoms with van der Waals surface area (Å²) < 4.78 is 4.91. The van der Waals surface area contributed by atoms with E-state index in [1.54, 1.807) is 0 Å². The molecule has 62 valence electrons. The molecule has 1 saturated heterocycles. The van der Waals surface area contributed by atoms with Gasteiger partial charge in [-0.2, -0.15) is 0 Å². The zero-order valence-corrected chi connectivity index (χ0v) is 6.72. The number of carbonyl (C=O) groups excluding carboxylic acids is 1. The molecule has 2 rings (SSSR count). The van der Waals surface area contributed by atoms with Gasteiger partial charge >= 0.3 is 6.09 Å². The maximum atomic E-state index is 10.8. The molecule has 2 atom stereocenters. The summed E-state index contributed by atoms with van der Waals surface area (Å²) in [6.45, 7) is 2.76. The highest BCUT2D eigenvalue weighted by Crippen LogP contribution is 2.37. The van der Waals surface area contributed by atoms with Gasteiger partial charge in [0.05, 0.1) is 5.54 Å². The highest BCUT2D eigenvalue weighted by molar-refractivity contribution is 5.70. The molecule has 3 nitrogen and oxygen atoms in total. The van der Waals surface area contributed by atoms with Crippen LogP contribution in [0.25, 0.3) is 0 Å². The molecule has 1 amide bonds. The van der Waals surface area contributed by atoms with Crippen LogP contribution in [0.3, 0.4) is 0 Å². The Morgan fingerprint density at radius 2 is 2.55 bits per heavy atom. The van der Waals surface area contributed by atoms with Crippen molar-refractivity contribution in [1.29, 1.82) is 0 Å². The molecule has 0 radical (unpaired) electrons. The summed E-state index contributed by atoms with van der Waals surface area (Å²) in [4.78, 5) is 10.8. The predicted molar refractivity (Wildman–Crippen MR) is 40.2 cm³/mol. The Morgan fingerprint density at radius 1 is 1.73 bits per heavy atom. The summed E-state index contributed by atoms with van der Waals surface area (Å²) in [5.41, 5.74) is -0.00289. The first-order valence-corrected chi connectivity index (χ1v) is 4.18. The zero-order chi connectivity index (χ0) is 7.90. The fraction of sp³-hybridized carbons (Fsp3) is 0.875. The minimum Gasteiger partial charge on any atom is -0.447 e. The molecule has 1 aliphatic heterocycles. The van der Waals surface area contributed by atoms with Crippen molar-refractivity contribution in [3.05, 3.63) is 0 Å². The Morgan fingerprint density at radius 3 is 3.00 bits per heavy atom. The smallest absolute Gasteiger partial charge is 0.407 e. The van der Waals surface area contributed by atoms with E-state index in [0.717, 1.165) is 6.42 Å². The van der Waals surface area contributed by atoms with Gasteiger partial charge in [0.25, 0.3) is 0 Å². The highest BCUT2D eigenvalue weighted by Gasteiger charge is 2.46. The average Bonchev–Trinajstić information content (AvgIpc) is 2.46. The second-order valence-corrected chi connectivity index (χ2v) is 3.65. The van der Waals surface area contributed by atoms with E-state index in [4.69, 9.17) is 4.74 Å². The quantitative estimate of drug-likeness (QED) is 0.572. The molecule has 1 heterocycles. The third kappa shape index (κ3) is 0.905. The monoisotopic (exact) mass is 155 g/mol. The largest absolute Gasteiger partial charge is 0.447 e. The van der Waals surface area contributed by atoms with Crippen LogP contribution in [0.5, 0.6) is 0 Å². The van der Waals surface area contributed by atoms with Gasteiger partial charge in [0.2, 0.25) is 0 Å². The minimum atomic E-state index is -0.237. The van der Waals surface area contributed by atoms with Gasteiger partial charge in [0.1, 0.15) is 6.61 Å². The average molecular weight is 155 g/mol. The Labute approximate surface area is 66.1 Å². The molecule has 1 saturated carbocycles. The van der Waals surface area contributed by atoms with Gasteiger partial charge in [0.15, 0.2) is 0 Å². The standard InChI is InChI=1S/C8H13NO2/c1-6-3-2-4-8(6)5-11-7(10)9-8/h6H,2-5H2,1H3,(H,9,10). The van der Waals surface area contributed by atoms with E-state index < -0.39 is 0 Å². The number of ether oxygens (including phenoxy) is 1. The highest BCUT2D eigenvalue weighted by atomic mass is 16.6. The predicted octanol–water partition coefficient (Wildman–Crippen LogP) is 1.28. The first-order chi connectivity index (χ1) is 5.23. The molecule has 0 aromatic rings. The fourth-order valence-electron chi connectivity index (χ4n) is 2.12. The van der Waals surface area contributed by atoms with E-state index >= 15 is 0 Å². The number of cyclic esters (lactones) is 1. The lowest BCUT2D eigenvalue weighted by Crippen LogP contribution is -2.45. The van der Waals surface area contributed by atoms with Crippen molar-refractivity contribution in [2.24, 2.45) is 5.92 Å². The molecule has 0 aromatic heterocycles. The maximum Gasteiger partial charge on any atom is 0.407 e. The van der Waals surface area contributed by atoms with E-state index in [0.29, 0.717) is 12.5 Å². The van der Waals surface area contributed by atoms with Crippen LogP contribution in [0.1, 0.15) is 26.2 Å². The maximum absolute atomic E-state index is 10.8. The number of alkyl carbamates (subject to hydrolysis) is 1. The molecule has 0 aromatic carbocycles. The van der Waals surface area contributed by atoms with E-state index in [1.165, 1.54) is 12.8 Å². The van der Waals surface area contributed by atoms with Crippen LogP contribution in [0, 0.1) is 5.92 Å². The molecule has 1 spiro atoms. The second kappa shape index (κ2) is 2.13. The Hall–Kier alpha value is -0.730. The third-order valence-corrected chi connectivity index (χ3v) is 3.02. The topological polar surface area (TPSA) is 38.3 Å². The van der Waals surface area contributed by atoms with Gasteiger partial charge in [-0.05, 0) is 18.8 Å². The Bertz CT molecular complexity index is 193. The van der Waals surface area contributed by atoms with Gasteiger partial charge in [-0.3, -0.25) is 0 Å². The number of hydrogen-bond donors (Lipinski definition) is 1. The summed E-state index contributed by atoms with van der Waals surface area (Å²) >= 11 is 0. The summed E-state index contributed by atoms with van der Waals surface area (Å²) in [6, 6.07) is 0. The third-order valence-electron chi connectivity index (χ3n) is 3.02. The number of amides is 1. The van der Waals surface area contributed by atoms with Gasteiger partial charge < -0.3 is 10.1 Å². The van der Waals surface area contributed by atoms with Crippen molar-refractivity contribution in [3.63, 3.8) is 0 Å². The molecule has 11 heavy (non-hydrogen) atoms. The van der Waals surface area contributed by atoms with Crippen molar-refractivity contribution in [1.82, 2.24) is 5.32 Å². The molecule has 0 bridgehead atoms. The lowest BCUT2D eigenvalue weighted by Gasteiger charge is -2.25. The summed E-state index contributed by atoms with van der Waals surface area (Å²) in [5, 5.41) is 2.92. The van der Waals surface area contributed by atoms with E-state index in [-0.39, 0.29) is 11.6 Å². The lowest BCUT2D eigenvalue weighted by atomic mass is 9.90. The van der Waals surface area contributed by atoms with Crippen LogP contribution in [-0.4, -0.2) is 18.2 Å². The summed E-state index contributed by atoms with van der Waals surface area (Å²) in [6.07, 6.45) is 3.27. The zero-order valence-electron chi connectivity index (χ0n) is 6.72. The number of carbonyl (C=O) groups is 1. The van der Waals surface area contributed by atoms with Crippen molar-refractivity contribution >= 4 is 6.09 Å². The molecule has 2 aliphatic rings. The van der Waals surface area contributed by atoms with Crippen molar-refractivity contribution in [2.75, 3.05) is 6.61 Å². The summed E-state index contributed by atoms with van der Waals surface area (Å²) in [5.74, 6) is 0.578. The first-order valence-electron chi connectivity index (χ1n) is 4.18. The Balaban J connectivity index is 2.16. The fourth-order valence-corrected chi connectivity index (χ4v) is 2.12. The lowest BCUT2D eigenvalue weighted by molar-refractivity contribution is 0.168. The number of rotatable bonds is 0. The molecule has 1 aliphatic carbocycles. The number of hydrogen-bond acceptors (Lipinski definition) is 2. The van der Waals surface area contributed by atoms with Crippen LogP contribution in [0.2, 0.25) is 0 Å². The normalized spacial score (nSPS) is 42.6. The van der Waals surface area contributed by atoms with Gasteiger partial charge in [-0.1, -0.05) is 13.3 Å². The number of nitrogens with one attached hydrogen (secondary N) is 1. The van der Waals surface area contributed by atoms with E-state index in [1.807, 2.05) is 0 Å². The van der Waals surface area contributed by atoms with Crippen LogP contribution in [-0.2, 0) is 4.74 Å². The van der Waals surface area contributed by atoms with Gasteiger partial charge in [-0.25, -0.2) is 4.79 Å². The molecular weight excluding hydrogens is 142 g/mol. The molecule has 3 heteroatoms. The first kappa shape index (κ1) is 6.95. The van der Waals surface area contributed by atoms with Crippen LogP contribution < -0.4 is 5.32 Å². The van der Waals surface area contributed by atoms with Crippen LogP contribution >= 0.6 is 0 Å². The van der Waals surface area contributed by atoms with E-state index in [2.05, 4.69) is 12.2 Å². The van der Waals surface area contributed by atoms with Gasteiger partial charge in [0, 0.05) is 0 Å². The Kier molecular flexibility index (Phi) is 1.34. The molecule has 1 N–H and O–H groups in total. The molecular formula is C8H13NO2. The van der Waals surface area contributed by atoms with Crippen molar-refractivity contribution < 1.29 is 9.53 Å².